The minimum Gasteiger partial charge on any atom is -0.317 e. The fourth-order valence-electron chi connectivity index (χ4n) is 1.26. The molecule has 1 aromatic carbocycles. The van der Waals surface area contributed by atoms with E-state index in [0.717, 1.165) is 0 Å². The van der Waals surface area contributed by atoms with Crippen LogP contribution in [0.4, 0.5) is 5.82 Å². The Morgan fingerprint density at radius 3 is 2.81 bits per heavy atom. The summed E-state index contributed by atoms with van der Waals surface area (Å²) < 4.78 is 0. The molecule has 0 fully saturated rings. The zero-order chi connectivity index (χ0) is 11.5. The van der Waals surface area contributed by atoms with Gasteiger partial charge < -0.3 is 4.98 Å². The number of H-pyrrole nitrogens is 1. The topological polar surface area (TPSA) is 70.5 Å². The molecule has 16 heavy (non-hydrogen) atoms. The van der Waals surface area contributed by atoms with Crippen molar-refractivity contribution in [3.63, 3.8) is 0 Å². The summed E-state index contributed by atoms with van der Waals surface area (Å²) in [7, 11) is 0. The van der Waals surface area contributed by atoms with Gasteiger partial charge in [0.15, 0.2) is 0 Å². The number of nitrogens with one attached hydrogen (secondary N) is 1. The highest BCUT2D eigenvalue weighted by Crippen LogP contribution is 2.10. The minimum atomic E-state index is -0.317. The summed E-state index contributed by atoms with van der Waals surface area (Å²) in [6.07, 6.45) is 0. The SMILES string of the molecule is CC(C)N=Nc1nc2ccccc2[nH]c1=O. The van der Waals surface area contributed by atoms with Gasteiger partial charge >= 0.3 is 0 Å². The quantitative estimate of drug-likeness (QED) is 0.783. The van der Waals surface area contributed by atoms with Crippen molar-refractivity contribution in [3.8, 4) is 0 Å². The van der Waals surface area contributed by atoms with E-state index in [0.29, 0.717) is 11.0 Å². The first-order valence-electron chi connectivity index (χ1n) is 5.07. The summed E-state index contributed by atoms with van der Waals surface area (Å²) in [5.41, 5.74) is 1.10. The number of aromatic amines is 1. The molecule has 0 unspecified atom stereocenters. The molecule has 82 valence electrons. The van der Waals surface area contributed by atoms with Gasteiger partial charge in [0.05, 0.1) is 17.1 Å². The van der Waals surface area contributed by atoms with E-state index < -0.39 is 0 Å². The molecule has 0 aliphatic heterocycles. The van der Waals surface area contributed by atoms with Crippen LogP contribution < -0.4 is 5.56 Å². The molecule has 2 aromatic rings. The van der Waals surface area contributed by atoms with Gasteiger partial charge in [-0.2, -0.15) is 5.11 Å². The zero-order valence-electron chi connectivity index (χ0n) is 9.14. The van der Waals surface area contributed by atoms with E-state index in [9.17, 15) is 4.79 Å². The average Bonchev–Trinajstić information content (AvgIpc) is 2.26. The fraction of sp³-hybridized carbons (Fsp3) is 0.273. The van der Waals surface area contributed by atoms with Gasteiger partial charge in [-0.25, -0.2) is 4.98 Å². The summed E-state index contributed by atoms with van der Waals surface area (Å²) in [6, 6.07) is 7.37. The van der Waals surface area contributed by atoms with Gasteiger partial charge in [-0.05, 0) is 26.0 Å². The molecule has 0 radical (unpaired) electrons. The first-order valence-corrected chi connectivity index (χ1v) is 5.07. The van der Waals surface area contributed by atoms with Gasteiger partial charge in [-0.3, -0.25) is 4.79 Å². The highest BCUT2D eigenvalue weighted by Gasteiger charge is 2.02. The van der Waals surface area contributed by atoms with E-state index in [4.69, 9.17) is 0 Å². The van der Waals surface area contributed by atoms with Crippen molar-refractivity contribution >= 4 is 16.9 Å². The van der Waals surface area contributed by atoms with Crippen molar-refractivity contribution in [2.75, 3.05) is 0 Å². The second-order valence-corrected chi connectivity index (χ2v) is 3.72. The highest BCUT2D eigenvalue weighted by molar-refractivity contribution is 5.74. The van der Waals surface area contributed by atoms with Crippen LogP contribution in [0.1, 0.15) is 13.8 Å². The number of azo groups is 1. The lowest BCUT2D eigenvalue weighted by Crippen LogP contribution is -2.07. The third-order valence-corrected chi connectivity index (χ3v) is 1.97. The van der Waals surface area contributed by atoms with Gasteiger partial charge in [0.1, 0.15) is 0 Å². The number of benzene rings is 1. The Morgan fingerprint density at radius 1 is 1.31 bits per heavy atom. The predicted molar refractivity (Wildman–Crippen MR) is 62.0 cm³/mol. The van der Waals surface area contributed by atoms with Crippen LogP contribution in [0, 0.1) is 0 Å². The normalized spacial score (nSPS) is 11.7. The van der Waals surface area contributed by atoms with Crippen LogP contribution in [0.2, 0.25) is 0 Å². The number of hydrogen-bond donors (Lipinski definition) is 1. The van der Waals surface area contributed by atoms with Crippen LogP contribution >= 0.6 is 0 Å². The van der Waals surface area contributed by atoms with Gasteiger partial charge in [0.25, 0.3) is 5.56 Å². The van der Waals surface area contributed by atoms with Crippen molar-refractivity contribution in [2.24, 2.45) is 10.2 Å². The average molecular weight is 216 g/mol. The van der Waals surface area contributed by atoms with E-state index in [1.165, 1.54) is 0 Å². The van der Waals surface area contributed by atoms with Gasteiger partial charge in [-0.15, -0.1) is 5.11 Å². The molecule has 0 saturated carbocycles. The molecule has 1 N–H and O–H groups in total. The summed E-state index contributed by atoms with van der Waals surface area (Å²) in [5, 5.41) is 7.73. The molecule has 5 heteroatoms. The van der Waals surface area contributed by atoms with Crippen molar-refractivity contribution in [1.29, 1.82) is 0 Å². The maximum Gasteiger partial charge on any atom is 0.295 e. The summed E-state index contributed by atoms with van der Waals surface area (Å²) >= 11 is 0. The number of aromatic nitrogens is 2. The van der Waals surface area contributed by atoms with Gasteiger partial charge in [0.2, 0.25) is 5.82 Å². The molecule has 0 amide bonds. The van der Waals surface area contributed by atoms with Crippen LogP contribution in [0.25, 0.3) is 11.0 Å². The predicted octanol–water partition coefficient (Wildman–Crippen LogP) is 2.42. The van der Waals surface area contributed by atoms with E-state index in [1.54, 1.807) is 6.07 Å². The first kappa shape index (κ1) is 10.5. The van der Waals surface area contributed by atoms with Crippen molar-refractivity contribution in [1.82, 2.24) is 9.97 Å². The lowest BCUT2D eigenvalue weighted by Gasteiger charge is -1.97. The number of nitrogens with zero attached hydrogens (tertiary/aromatic N) is 3. The number of rotatable bonds is 2. The smallest absolute Gasteiger partial charge is 0.295 e. The van der Waals surface area contributed by atoms with Crippen LogP contribution in [0.3, 0.4) is 0 Å². The lowest BCUT2D eigenvalue weighted by molar-refractivity contribution is 0.774. The Kier molecular flexibility index (Phi) is 2.76. The molecule has 2 rings (SSSR count). The minimum absolute atomic E-state index is 0.0488. The van der Waals surface area contributed by atoms with Crippen LogP contribution in [0.5, 0.6) is 0 Å². The van der Waals surface area contributed by atoms with E-state index in [1.807, 2.05) is 32.0 Å². The van der Waals surface area contributed by atoms with E-state index in [2.05, 4.69) is 20.2 Å². The Balaban J connectivity index is 2.54. The number of para-hydroxylation sites is 2. The molecule has 0 aliphatic carbocycles. The molecule has 0 atom stereocenters. The third kappa shape index (κ3) is 2.13. The maximum atomic E-state index is 11.6. The number of fused-ring (bicyclic) bond motifs is 1. The molecule has 0 aliphatic rings. The molecule has 0 spiro atoms. The van der Waals surface area contributed by atoms with Gasteiger partial charge in [-0.1, -0.05) is 12.1 Å². The highest BCUT2D eigenvalue weighted by atomic mass is 16.1. The van der Waals surface area contributed by atoms with Crippen LogP contribution in [-0.2, 0) is 0 Å². The van der Waals surface area contributed by atoms with E-state index in [-0.39, 0.29) is 17.4 Å². The Labute approximate surface area is 92.3 Å². The molecule has 0 saturated heterocycles. The molecule has 0 bridgehead atoms. The fourth-order valence-corrected chi connectivity index (χ4v) is 1.26. The first-order chi connectivity index (χ1) is 7.66. The monoisotopic (exact) mass is 216 g/mol. The zero-order valence-corrected chi connectivity index (χ0v) is 9.14. The van der Waals surface area contributed by atoms with Crippen molar-refractivity contribution in [3.05, 3.63) is 34.6 Å². The maximum absolute atomic E-state index is 11.6. The summed E-state index contributed by atoms with van der Waals surface area (Å²) in [6.45, 7) is 3.78. The molecular formula is C11H12N4O. The second kappa shape index (κ2) is 4.22. The second-order valence-electron chi connectivity index (χ2n) is 3.72. The standard InChI is InChI=1S/C11H12N4O/c1-7(2)14-15-10-11(16)13-9-6-4-3-5-8(9)12-10/h3-7H,1-2H3,(H,13,16). The van der Waals surface area contributed by atoms with Crippen LogP contribution in [0.15, 0.2) is 39.3 Å². The summed E-state index contributed by atoms with van der Waals surface area (Å²) in [5.74, 6) is 0.104. The Bertz CT molecular complexity index is 586. The molecular weight excluding hydrogens is 204 g/mol. The molecule has 1 heterocycles. The van der Waals surface area contributed by atoms with Crippen LogP contribution in [-0.4, -0.2) is 16.0 Å². The molecule has 1 aromatic heterocycles. The Morgan fingerprint density at radius 2 is 2.06 bits per heavy atom. The summed E-state index contributed by atoms with van der Waals surface area (Å²) in [4.78, 5) is 18.4. The largest absolute Gasteiger partial charge is 0.317 e. The van der Waals surface area contributed by atoms with Gasteiger partial charge in [0, 0.05) is 0 Å². The van der Waals surface area contributed by atoms with Crippen molar-refractivity contribution in [2.45, 2.75) is 19.9 Å². The number of hydrogen-bond acceptors (Lipinski definition) is 4. The third-order valence-electron chi connectivity index (χ3n) is 1.97. The molecule has 5 nitrogen and oxygen atoms in total. The lowest BCUT2D eigenvalue weighted by atomic mass is 10.3. The Hall–Kier alpha value is -2.04. The van der Waals surface area contributed by atoms with E-state index >= 15 is 0 Å². The van der Waals surface area contributed by atoms with Crippen molar-refractivity contribution < 1.29 is 0 Å².